The van der Waals surface area contributed by atoms with Crippen LogP contribution in [0.4, 0.5) is 9.18 Å². The zero-order valence-electron chi connectivity index (χ0n) is 16.1. The fourth-order valence-electron chi connectivity index (χ4n) is 3.67. The van der Waals surface area contributed by atoms with Gasteiger partial charge in [-0.3, -0.25) is 14.9 Å². The van der Waals surface area contributed by atoms with E-state index in [1.807, 2.05) is 0 Å². The van der Waals surface area contributed by atoms with Crippen LogP contribution >= 0.6 is 0 Å². The van der Waals surface area contributed by atoms with E-state index in [4.69, 9.17) is 4.74 Å². The monoisotopic (exact) mass is 407 g/mol. The third-order valence-electron chi connectivity index (χ3n) is 5.15. The van der Waals surface area contributed by atoms with Crippen LogP contribution in [0.2, 0.25) is 0 Å². The summed E-state index contributed by atoms with van der Waals surface area (Å²) < 4.78 is 18.9. The molecule has 2 N–H and O–H groups in total. The van der Waals surface area contributed by atoms with Crippen molar-refractivity contribution < 1.29 is 23.5 Å². The van der Waals surface area contributed by atoms with E-state index < -0.39 is 23.3 Å². The molecule has 1 atom stereocenters. The van der Waals surface area contributed by atoms with Crippen molar-refractivity contribution >= 4 is 17.8 Å². The molecule has 0 bridgehead atoms. The van der Waals surface area contributed by atoms with Crippen LogP contribution in [0.3, 0.4) is 0 Å². The van der Waals surface area contributed by atoms with Gasteiger partial charge in [0, 0.05) is 12.1 Å². The second-order valence-electron chi connectivity index (χ2n) is 7.02. The van der Waals surface area contributed by atoms with Gasteiger partial charge in [-0.25, -0.2) is 9.18 Å². The quantitative estimate of drug-likeness (QED) is 0.586. The molecule has 0 aromatic heterocycles. The maximum atomic E-state index is 13.4. The Morgan fingerprint density at radius 2 is 1.93 bits per heavy atom. The van der Waals surface area contributed by atoms with Gasteiger partial charge in [-0.1, -0.05) is 24.1 Å². The molecule has 4 amide bonds. The standard InChI is InChI=1S/C22H18FN3O4/c1-2-3-10-30-17-9-4-14-12-26(19(27)18(14)11-17)13-22(20(28)24-21(29)25-22)15-5-7-16(23)8-6-15/h4-9,11H,10,12-13H2,1H3,(H2,24,25,28,29)/t22-/m0/s1. The number of halogens is 1. The summed E-state index contributed by atoms with van der Waals surface area (Å²) >= 11 is 0. The first-order valence-electron chi connectivity index (χ1n) is 9.27. The van der Waals surface area contributed by atoms with Gasteiger partial charge in [0.05, 0.1) is 6.54 Å². The van der Waals surface area contributed by atoms with E-state index >= 15 is 0 Å². The Morgan fingerprint density at radius 3 is 2.60 bits per heavy atom. The summed E-state index contributed by atoms with van der Waals surface area (Å²) in [6, 6.07) is 9.79. The lowest BCUT2D eigenvalue weighted by atomic mass is 9.89. The Morgan fingerprint density at radius 1 is 1.17 bits per heavy atom. The second kappa shape index (κ2) is 7.52. The number of hydrogen-bond donors (Lipinski definition) is 2. The van der Waals surface area contributed by atoms with Gasteiger partial charge in [0.25, 0.3) is 11.8 Å². The average molecular weight is 407 g/mol. The number of nitrogens with one attached hydrogen (secondary N) is 2. The molecule has 2 aliphatic rings. The van der Waals surface area contributed by atoms with Gasteiger partial charge in [-0.2, -0.15) is 0 Å². The maximum Gasteiger partial charge on any atom is 0.322 e. The van der Waals surface area contributed by atoms with E-state index in [-0.39, 0.29) is 25.6 Å². The molecule has 2 aromatic carbocycles. The smallest absolute Gasteiger partial charge is 0.322 e. The van der Waals surface area contributed by atoms with Crippen LogP contribution in [0.15, 0.2) is 42.5 Å². The number of rotatable bonds is 5. The first kappa shape index (κ1) is 19.5. The summed E-state index contributed by atoms with van der Waals surface area (Å²) in [6.07, 6.45) is 0. The second-order valence-corrected chi connectivity index (χ2v) is 7.02. The molecule has 4 rings (SSSR count). The molecule has 0 saturated carbocycles. The minimum absolute atomic E-state index is 0.0960. The Kier molecular flexibility index (Phi) is 4.88. The zero-order valence-corrected chi connectivity index (χ0v) is 16.1. The van der Waals surface area contributed by atoms with E-state index in [9.17, 15) is 18.8 Å². The SMILES string of the molecule is CC#CCOc1ccc2c(c1)C(=O)N(C[C@@]1(c3ccc(F)cc3)NC(=O)NC1=O)C2. The number of urea groups is 1. The first-order chi connectivity index (χ1) is 14.4. The van der Waals surface area contributed by atoms with Gasteiger partial charge in [0.2, 0.25) is 0 Å². The summed E-state index contributed by atoms with van der Waals surface area (Å²) in [6.45, 7) is 2.10. The van der Waals surface area contributed by atoms with Gasteiger partial charge in [-0.15, -0.1) is 5.92 Å². The highest BCUT2D eigenvalue weighted by atomic mass is 19.1. The van der Waals surface area contributed by atoms with Gasteiger partial charge < -0.3 is 15.0 Å². The lowest BCUT2D eigenvalue weighted by molar-refractivity contribution is -0.124. The highest BCUT2D eigenvalue weighted by Crippen LogP contribution is 2.32. The number of ether oxygens (including phenoxy) is 1. The molecular weight excluding hydrogens is 389 g/mol. The molecule has 30 heavy (non-hydrogen) atoms. The summed E-state index contributed by atoms with van der Waals surface area (Å²) in [5.41, 5.74) is 0.139. The lowest BCUT2D eigenvalue weighted by Crippen LogP contribution is -2.52. The molecule has 2 aromatic rings. The number of hydrogen-bond acceptors (Lipinski definition) is 4. The van der Waals surface area contributed by atoms with Crippen molar-refractivity contribution in [2.24, 2.45) is 0 Å². The van der Waals surface area contributed by atoms with Gasteiger partial charge >= 0.3 is 6.03 Å². The van der Waals surface area contributed by atoms with Crippen molar-refractivity contribution in [3.8, 4) is 17.6 Å². The van der Waals surface area contributed by atoms with E-state index in [2.05, 4.69) is 22.5 Å². The van der Waals surface area contributed by atoms with E-state index in [0.717, 1.165) is 5.56 Å². The lowest BCUT2D eigenvalue weighted by Gasteiger charge is -2.31. The van der Waals surface area contributed by atoms with E-state index in [1.165, 1.54) is 29.2 Å². The fourth-order valence-corrected chi connectivity index (χ4v) is 3.67. The van der Waals surface area contributed by atoms with Crippen LogP contribution < -0.4 is 15.4 Å². The molecular formula is C22H18FN3O4. The number of amides is 4. The van der Waals surface area contributed by atoms with Gasteiger partial charge in [-0.05, 0) is 42.3 Å². The summed E-state index contributed by atoms with van der Waals surface area (Å²) in [7, 11) is 0. The third-order valence-corrected chi connectivity index (χ3v) is 5.15. The number of imide groups is 1. The molecule has 1 saturated heterocycles. The zero-order chi connectivity index (χ0) is 21.3. The minimum Gasteiger partial charge on any atom is -0.481 e. The number of carbonyl (C=O) groups is 3. The molecule has 8 heteroatoms. The normalized spacial score (nSPS) is 19.7. The van der Waals surface area contributed by atoms with Crippen LogP contribution in [-0.4, -0.2) is 35.9 Å². The molecule has 0 unspecified atom stereocenters. The average Bonchev–Trinajstić information content (AvgIpc) is 3.19. The highest BCUT2D eigenvalue weighted by molar-refractivity contribution is 6.08. The Hall–Kier alpha value is -3.86. The molecule has 7 nitrogen and oxygen atoms in total. The molecule has 2 heterocycles. The number of carbonyl (C=O) groups excluding carboxylic acids is 3. The van der Waals surface area contributed by atoms with Crippen molar-refractivity contribution in [3.05, 3.63) is 65.0 Å². The predicted molar refractivity (Wildman–Crippen MR) is 105 cm³/mol. The van der Waals surface area contributed by atoms with Crippen molar-refractivity contribution in [3.63, 3.8) is 0 Å². The molecule has 2 aliphatic heterocycles. The van der Waals surface area contributed by atoms with Crippen LogP contribution in [-0.2, 0) is 16.9 Å². The molecule has 0 spiro atoms. The van der Waals surface area contributed by atoms with E-state index in [1.54, 1.807) is 25.1 Å². The summed E-state index contributed by atoms with van der Waals surface area (Å²) in [5.74, 6) is 4.70. The Labute approximate surface area is 172 Å². The first-order valence-corrected chi connectivity index (χ1v) is 9.27. The van der Waals surface area contributed by atoms with Gasteiger partial charge in [0.1, 0.15) is 18.2 Å². The Bertz CT molecular complexity index is 1100. The number of fused-ring (bicyclic) bond motifs is 1. The third kappa shape index (κ3) is 3.35. The highest BCUT2D eigenvalue weighted by Gasteiger charge is 2.50. The largest absolute Gasteiger partial charge is 0.481 e. The van der Waals surface area contributed by atoms with Crippen LogP contribution in [0, 0.1) is 17.7 Å². The summed E-state index contributed by atoms with van der Waals surface area (Å²) in [4.78, 5) is 39.1. The predicted octanol–water partition coefficient (Wildman–Crippen LogP) is 1.92. The molecule has 0 aliphatic carbocycles. The fraction of sp³-hybridized carbons (Fsp3) is 0.227. The van der Waals surface area contributed by atoms with Crippen molar-refractivity contribution in [1.82, 2.24) is 15.5 Å². The van der Waals surface area contributed by atoms with Crippen molar-refractivity contribution in [2.75, 3.05) is 13.2 Å². The molecule has 0 radical (unpaired) electrons. The Balaban J connectivity index is 1.62. The molecule has 1 fully saturated rings. The topological polar surface area (TPSA) is 87.7 Å². The molecule has 152 valence electrons. The number of benzene rings is 2. The summed E-state index contributed by atoms with van der Waals surface area (Å²) in [5, 5.41) is 4.83. The van der Waals surface area contributed by atoms with Crippen LogP contribution in [0.25, 0.3) is 0 Å². The maximum absolute atomic E-state index is 13.4. The van der Waals surface area contributed by atoms with Crippen molar-refractivity contribution in [1.29, 1.82) is 0 Å². The van der Waals surface area contributed by atoms with Gasteiger partial charge in [0.15, 0.2) is 5.54 Å². The van der Waals surface area contributed by atoms with Crippen LogP contribution in [0.5, 0.6) is 5.75 Å². The number of nitrogens with zero attached hydrogens (tertiary/aromatic N) is 1. The van der Waals surface area contributed by atoms with Crippen LogP contribution in [0.1, 0.15) is 28.4 Å². The minimum atomic E-state index is -1.50. The van der Waals surface area contributed by atoms with Crippen molar-refractivity contribution in [2.45, 2.75) is 19.0 Å². The van der Waals surface area contributed by atoms with E-state index in [0.29, 0.717) is 16.9 Å².